The van der Waals surface area contributed by atoms with Crippen molar-refractivity contribution >= 4 is 0 Å². The Kier molecular flexibility index (Phi) is 5.55. The number of aromatic nitrogens is 1. The second-order valence-corrected chi connectivity index (χ2v) is 5.93. The first-order valence-corrected chi connectivity index (χ1v) is 7.94. The monoisotopic (exact) mass is 276 g/mol. The second-order valence-electron chi connectivity index (χ2n) is 5.93. The summed E-state index contributed by atoms with van der Waals surface area (Å²) in [6, 6.07) is 2.47. The molecule has 3 heteroatoms. The van der Waals surface area contributed by atoms with Crippen LogP contribution in [0.5, 0.6) is 0 Å². The second kappa shape index (κ2) is 7.19. The Morgan fingerprint density at radius 3 is 2.50 bits per heavy atom. The standard InChI is InChI=1S/C17H28N2O/c1-4-20-17(9-7-5-6-8-10-17)16(18-3)15-11-14(2)12-19-13-15/h11-13,16,18H,4-10H2,1-3H3. The van der Waals surface area contributed by atoms with E-state index in [4.69, 9.17) is 4.74 Å². The molecule has 0 amide bonds. The lowest BCUT2D eigenvalue weighted by Crippen LogP contribution is -2.45. The molecule has 1 aliphatic rings. The first-order valence-electron chi connectivity index (χ1n) is 7.94. The highest BCUT2D eigenvalue weighted by molar-refractivity contribution is 5.23. The number of pyridine rings is 1. The lowest BCUT2D eigenvalue weighted by Gasteiger charge is -2.40. The molecule has 0 radical (unpaired) electrons. The number of hydrogen-bond donors (Lipinski definition) is 1. The Hall–Kier alpha value is -0.930. The van der Waals surface area contributed by atoms with E-state index < -0.39 is 0 Å². The van der Waals surface area contributed by atoms with Crippen molar-refractivity contribution in [3.63, 3.8) is 0 Å². The van der Waals surface area contributed by atoms with Crippen molar-refractivity contribution in [3.8, 4) is 0 Å². The molecule has 1 aromatic rings. The first kappa shape index (κ1) is 15.5. The molecule has 2 rings (SSSR count). The Labute approximate surface area is 123 Å². The minimum Gasteiger partial charge on any atom is -0.373 e. The summed E-state index contributed by atoms with van der Waals surface area (Å²) < 4.78 is 6.31. The number of rotatable bonds is 5. The van der Waals surface area contributed by atoms with Crippen LogP contribution in [-0.4, -0.2) is 24.2 Å². The molecule has 3 nitrogen and oxygen atoms in total. The van der Waals surface area contributed by atoms with Gasteiger partial charge in [-0.2, -0.15) is 0 Å². The maximum Gasteiger partial charge on any atom is 0.0876 e. The van der Waals surface area contributed by atoms with Gasteiger partial charge in [-0.15, -0.1) is 0 Å². The predicted molar refractivity (Wildman–Crippen MR) is 82.8 cm³/mol. The van der Waals surface area contributed by atoms with E-state index in [1.54, 1.807) is 0 Å². The smallest absolute Gasteiger partial charge is 0.0876 e. The molecular weight excluding hydrogens is 248 g/mol. The molecule has 1 atom stereocenters. The minimum absolute atomic E-state index is 0.0739. The summed E-state index contributed by atoms with van der Waals surface area (Å²) in [6.45, 7) is 4.98. The Morgan fingerprint density at radius 2 is 1.95 bits per heavy atom. The van der Waals surface area contributed by atoms with Gasteiger partial charge in [0.15, 0.2) is 0 Å². The van der Waals surface area contributed by atoms with E-state index in [1.165, 1.54) is 36.8 Å². The van der Waals surface area contributed by atoms with Crippen LogP contribution in [-0.2, 0) is 4.74 Å². The topological polar surface area (TPSA) is 34.1 Å². The number of nitrogens with one attached hydrogen (secondary N) is 1. The van der Waals surface area contributed by atoms with E-state index in [0.717, 1.165) is 19.4 Å². The lowest BCUT2D eigenvalue weighted by molar-refractivity contribution is -0.0767. The molecule has 1 saturated carbocycles. The molecule has 0 bridgehead atoms. The van der Waals surface area contributed by atoms with E-state index in [1.807, 2.05) is 19.4 Å². The zero-order valence-corrected chi connectivity index (χ0v) is 13.1. The van der Waals surface area contributed by atoms with Gasteiger partial charge in [0.25, 0.3) is 0 Å². The maximum atomic E-state index is 6.31. The molecule has 1 aliphatic carbocycles. The van der Waals surface area contributed by atoms with Crippen LogP contribution in [0.2, 0.25) is 0 Å². The number of likely N-dealkylation sites (N-methyl/N-ethyl adjacent to an activating group) is 1. The van der Waals surface area contributed by atoms with E-state index in [-0.39, 0.29) is 11.6 Å². The zero-order chi connectivity index (χ0) is 14.4. The van der Waals surface area contributed by atoms with Gasteiger partial charge in [-0.25, -0.2) is 0 Å². The first-order chi connectivity index (χ1) is 9.72. The summed E-state index contributed by atoms with van der Waals surface area (Å²) in [5.41, 5.74) is 2.39. The molecule has 20 heavy (non-hydrogen) atoms. The quantitative estimate of drug-likeness (QED) is 0.831. The highest BCUT2D eigenvalue weighted by Crippen LogP contribution is 2.40. The van der Waals surface area contributed by atoms with Crippen molar-refractivity contribution in [1.82, 2.24) is 10.3 Å². The average molecular weight is 276 g/mol. The van der Waals surface area contributed by atoms with Crippen LogP contribution in [0.15, 0.2) is 18.5 Å². The van der Waals surface area contributed by atoms with Crippen LogP contribution in [0.25, 0.3) is 0 Å². The molecular formula is C17H28N2O. The normalized spacial score (nSPS) is 20.4. The van der Waals surface area contributed by atoms with Gasteiger partial charge in [0.1, 0.15) is 0 Å². The third-order valence-corrected chi connectivity index (χ3v) is 4.43. The Morgan fingerprint density at radius 1 is 1.25 bits per heavy atom. The Balaban J connectivity index is 2.33. The van der Waals surface area contributed by atoms with Gasteiger partial charge in [-0.3, -0.25) is 4.98 Å². The molecule has 1 unspecified atom stereocenters. The molecule has 0 spiro atoms. The van der Waals surface area contributed by atoms with Gasteiger partial charge in [0.05, 0.1) is 11.6 Å². The third-order valence-electron chi connectivity index (χ3n) is 4.43. The summed E-state index contributed by atoms with van der Waals surface area (Å²) >= 11 is 0. The molecule has 0 aliphatic heterocycles. The summed E-state index contributed by atoms with van der Waals surface area (Å²) in [6.07, 6.45) is 11.4. The van der Waals surface area contributed by atoms with Gasteiger partial charge in [0.2, 0.25) is 0 Å². The fraction of sp³-hybridized carbons (Fsp3) is 0.706. The molecule has 1 aromatic heterocycles. The van der Waals surface area contributed by atoms with Crippen LogP contribution < -0.4 is 5.32 Å². The third kappa shape index (κ3) is 3.39. The van der Waals surface area contributed by atoms with Crippen molar-refractivity contribution in [1.29, 1.82) is 0 Å². The van der Waals surface area contributed by atoms with Gasteiger partial charge in [-0.1, -0.05) is 31.7 Å². The molecule has 1 heterocycles. The van der Waals surface area contributed by atoms with Gasteiger partial charge < -0.3 is 10.1 Å². The molecule has 1 N–H and O–H groups in total. The molecule has 0 saturated heterocycles. The summed E-state index contributed by atoms with van der Waals surface area (Å²) in [5, 5.41) is 3.50. The molecule has 112 valence electrons. The zero-order valence-electron chi connectivity index (χ0n) is 13.1. The highest BCUT2D eigenvalue weighted by Gasteiger charge is 2.40. The van der Waals surface area contributed by atoms with Crippen molar-refractivity contribution < 1.29 is 4.74 Å². The van der Waals surface area contributed by atoms with E-state index in [9.17, 15) is 0 Å². The van der Waals surface area contributed by atoms with Crippen LogP contribution in [0, 0.1) is 6.92 Å². The van der Waals surface area contributed by atoms with Gasteiger partial charge >= 0.3 is 0 Å². The number of nitrogens with zero attached hydrogens (tertiary/aromatic N) is 1. The van der Waals surface area contributed by atoms with Crippen molar-refractivity contribution in [2.45, 2.75) is 64.0 Å². The SMILES string of the molecule is CCOC1(C(NC)c2cncc(C)c2)CCCCCC1. The fourth-order valence-electron chi connectivity index (χ4n) is 3.60. The average Bonchev–Trinajstić information content (AvgIpc) is 2.66. The van der Waals surface area contributed by atoms with Crippen LogP contribution in [0.4, 0.5) is 0 Å². The number of hydrogen-bond acceptors (Lipinski definition) is 3. The summed E-state index contributed by atoms with van der Waals surface area (Å²) in [5.74, 6) is 0. The van der Waals surface area contributed by atoms with E-state index >= 15 is 0 Å². The van der Waals surface area contributed by atoms with Crippen molar-refractivity contribution in [3.05, 3.63) is 29.6 Å². The Bertz CT molecular complexity index is 411. The van der Waals surface area contributed by atoms with Crippen molar-refractivity contribution in [2.24, 2.45) is 0 Å². The van der Waals surface area contributed by atoms with Gasteiger partial charge in [0, 0.05) is 19.0 Å². The number of ether oxygens (including phenoxy) is 1. The fourth-order valence-corrected chi connectivity index (χ4v) is 3.60. The van der Waals surface area contributed by atoms with Crippen LogP contribution in [0.3, 0.4) is 0 Å². The van der Waals surface area contributed by atoms with Gasteiger partial charge in [-0.05, 0) is 44.9 Å². The minimum atomic E-state index is -0.0739. The van der Waals surface area contributed by atoms with Crippen LogP contribution in [0.1, 0.15) is 62.6 Å². The summed E-state index contributed by atoms with van der Waals surface area (Å²) in [7, 11) is 2.04. The predicted octanol–water partition coefficient (Wildman–Crippen LogP) is 3.78. The van der Waals surface area contributed by atoms with Crippen molar-refractivity contribution in [2.75, 3.05) is 13.7 Å². The number of aryl methyl sites for hydroxylation is 1. The highest BCUT2D eigenvalue weighted by atomic mass is 16.5. The van der Waals surface area contributed by atoms with Crippen LogP contribution >= 0.6 is 0 Å². The molecule has 1 fully saturated rings. The summed E-state index contributed by atoms with van der Waals surface area (Å²) in [4.78, 5) is 4.37. The largest absolute Gasteiger partial charge is 0.373 e. The molecule has 0 aromatic carbocycles. The van der Waals surface area contributed by atoms with E-state index in [0.29, 0.717) is 0 Å². The lowest BCUT2D eigenvalue weighted by atomic mass is 9.82. The van der Waals surface area contributed by atoms with E-state index in [2.05, 4.69) is 30.2 Å². The maximum absolute atomic E-state index is 6.31.